The standard InChI is InChI=1S/C20H23IN6O2S/c1-11(2)19(28)23-5-3-6-27-18-16(17(22)24-10-25-18)26-20(27)30-15-9-14-12(4-7-29-14)8-13(15)21/h8-11H,3-7H2,1-2H3,(H,23,28)(H2,22,24,25). The minimum absolute atomic E-state index is 0.0261. The first-order valence-electron chi connectivity index (χ1n) is 9.81. The summed E-state index contributed by atoms with van der Waals surface area (Å²) in [4.78, 5) is 26.1. The fourth-order valence-electron chi connectivity index (χ4n) is 3.22. The normalized spacial score (nSPS) is 12.9. The van der Waals surface area contributed by atoms with Crippen molar-refractivity contribution in [1.29, 1.82) is 0 Å². The zero-order valence-electron chi connectivity index (χ0n) is 16.8. The molecular formula is C20H23IN6O2S. The predicted molar refractivity (Wildman–Crippen MR) is 125 cm³/mol. The number of carbonyl (C=O) groups excluding carboxylic acids is 1. The summed E-state index contributed by atoms with van der Waals surface area (Å²) in [5.74, 6) is 1.33. The van der Waals surface area contributed by atoms with Crippen LogP contribution in [0.25, 0.3) is 11.2 Å². The van der Waals surface area contributed by atoms with Crippen LogP contribution in [0.5, 0.6) is 5.75 Å². The number of fused-ring (bicyclic) bond motifs is 2. The third-order valence-corrected chi connectivity index (χ3v) is 7.16. The van der Waals surface area contributed by atoms with E-state index in [0.29, 0.717) is 30.1 Å². The number of nitrogens with two attached hydrogens (primary N) is 1. The molecule has 4 rings (SSSR count). The highest BCUT2D eigenvalue weighted by atomic mass is 127. The van der Waals surface area contributed by atoms with Crippen LogP contribution in [0.2, 0.25) is 0 Å². The number of halogens is 1. The molecule has 3 N–H and O–H groups in total. The second-order valence-corrected chi connectivity index (χ2v) is 9.54. The van der Waals surface area contributed by atoms with Crippen molar-refractivity contribution >= 4 is 57.2 Å². The maximum Gasteiger partial charge on any atom is 0.222 e. The van der Waals surface area contributed by atoms with Crippen LogP contribution in [-0.4, -0.2) is 38.6 Å². The molecule has 2 aromatic heterocycles. The number of amides is 1. The van der Waals surface area contributed by atoms with Gasteiger partial charge >= 0.3 is 0 Å². The minimum atomic E-state index is -0.0261. The molecule has 1 aliphatic heterocycles. The number of imidazole rings is 1. The number of anilines is 1. The van der Waals surface area contributed by atoms with Gasteiger partial charge in [0, 0.05) is 33.9 Å². The Kier molecular flexibility index (Phi) is 6.32. The largest absolute Gasteiger partial charge is 0.493 e. The van der Waals surface area contributed by atoms with Crippen LogP contribution < -0.4 is 15.8 Å². The summed E-state index contributed by atoms with van der Waals surface area (Å²) in [6.45, 7) is 5.74. The summed E-state index contributed by atoms with van der Waals surface area (Å²) in [7, 11) is 0. The topological polar surface area (TPSA) is 108 Å². The Hall–Kier alpha value is -2.08. The Morgan fingerprint density at radius 1 is 1.40 bits per heavy atom. The van der Waals surface area contributed by atoms with Crippen LogP contribution in [0, 0.1) is 9.49 Å². The molecule has 1 aromatic carbocycles. The molecule has 0 atom stereocenters. The first kappa shape index (κ1) is 21.2. The molecule has 3 aromatic rings. The third-order valence-electron chi connectivity index (χ3n) is 4.85. The second-order valence-electron chi connectivity index (χ2n) is 7.37. The number of ether oxygens (including phenoxy) is 1. The molecule has 158 valence electrons. The molecule has 0 saturated carbocycles. The molecule has 10 heteroatoms. The van der Waals surface area contributed by atoms with Gasteiger partial charge in [0.25, 0.3) is 0 Å². The lowest BCUT2D eigenvalue weighted by Gasteiger charge is -2.11. The van der Waals surface area contributed by atoms with Gasteiger partial charge in [-0.15, -0.1) is 0 Å². The van der Waals surface area contributed by atoms with Crippen molar-refractivity contribution in [2.45, 2.75) is 43.3 Å². The smallest absolute Gasteiger partial charge is 0.222 e. The van der Waals surface area contributed by atoms with E-state index in [9.17, 15) is 4.79 Å². The van der Waals surface area contributed by atoms with Crippen LogP contribution >= 0.6 is 34.4 Å². The number of aryl methyl sites for hydroxylation is 1. The third kappa shape index (κ3) is 4.34. The van der Waals surface area contributed by atoms with Crippen LogP contribution in [0.15, 0.2) is 28.5 Å². The predicted octanol–water partition coefficient (Wildman–Crippen LogP) is 3.26. The van der Waals surface area contributed by atoms with Crippen molar-refractivity contribution < 1.29 is 9.53 Å². The van der Waals surface area contributed by atoms with Crippen molar-refractivity contribution in [3.8, 4) is 5.75 Å². The van der Waals surface area contributed by atoms with E-state index in [0.717, 1.165) is 38.8 Å². The van der Waals surface area contributed by atoms with Gasteiger partial charge in [0.1, 0.15) is 12.1 Å². The maximum absolute atomic E-state index is 11.8. The minimum Gasteiger partial charge on any atom is -0.493 e. The molecule has 1 amide bonds. The van der Waals surface area contributed by atoms with Gasteiger partial charge in [0.2, 0.25) is 5.91 Å². The van der Waals surface area contributed by atoms with Gasteiger partial charge in [0.05, 0.1) is 6.61 Å². The van der Waals surface area contributed by atoms with E-state index in [1.54, 1.807) is 11.8 Å². The second kappa shape index (κ2) is 8.96. The summed E-state index contributed by atoms with van der Waals surface area (Å²) in [6.07, 6.45) is 3.16. The summed E-state index contributed by atoms with van der Waals surface area (Å²) in [5, 5.41) is 3.75. The molecular weight excluding hydrogens is 515 g/mol. The average Bonchev–Trinajstić information content (AvgIpc) is 3.30. The molecule has 0 saturated heterocycles. The van der Waals surface area contributed by atoms with Crippen molar-refractivity contribution in [2.75, 3.05) is 18.9 Å². The van der Waals surface area contributed by atoms with Crippen LogP contribution in [0.4, 0.5) is 5.82 Å². The van der Waals surface area contributed by atoms with E-state index >= 15 is 0 Å². The van der Waals surface area contributed by atoms with Crippen molar-refractivity contribution in [3.63, 3.8) is 0 Å². The number of nitrogens with zero attached hydrogens (tertiary/aromatic N) is 4. The number of rotatable bonds is 7. The van der Waals surface area contributed by atoms with Gasteiger partial charge in [-0.05, 0) is 46.7 Å². The molecule has 0 aliphatic carbocycles. The fraction of sp³-hybridized carbons (Fsp3) is 0.400. The number of hydrogen-bond acceptors (Lipinski definition) is 7. The van der Waals surface area contributed by atoms with Gasteiger partial charge in [-0.1, -0.05) is 25.6 Å². The number of nitrogen functional groups attached to an aromatic ring is 1. The number of hydrogen-bond donors (Lipinski definition) is 2. The number of carbonyl (C=O) groups is 1. The average molecular weight is 538 g/mol. The van der Waals surface area contributed by atoms with Gasteiger partial charge in [-0.3, -0.25) is 4.79 Å². The zero-order valence-corrected chi connectivity index (χ0v) is 19.8. The van der Waals surface area contributed by atoms with Gasteiger partial charge in [-0.25, -0.2) is 15.0 Å². The Balaban J connectivity index is 1.60. The van der Waals surface area contributed by atoms with Crippen molar-refractivity contribution in [1.82, 2.24) is 24.8 Å². The van der Waals surface area contributed by atoms with E-state index < -0.39 is 0 Å². The monoisotopic (exact) mass is 538 g/mol. The molecule has 0 bridgehead atoms. The lowest BCUT2D eigenvalue weighted by atomic mass is 10.2. The fourth-order valence-corrected chi connectivity index (χ4v) is 5.03. The Labute approximate surface area is 192 Å². The van der Waals surface area contributed by atoms with Crippen LogP contribution in [0.1, 0.15) is 25.8 Å². The number of benzene rings is 1. The summed E-state index contributed by atoms with van der Waals surface area (Å²) in [5.41, 5.74) is 8.59. The molecule has 30 heavy (non-hydrogen) atoms. The van der Waals surface area contributed by atoms with Crippen LogP contribution in [0.3, 0.4) is 0 Å². The van der Waals surface area contributed by atoms with E-state index in [4.69, 9.17) is 15.5 Å². The molecule has 0 radical (unpaired) electrons. The molecule has 3 heterocycles. The van der Waals surface area contributed by atoms with E-state index in [-0.39, 0.29) is 11.8 Å². The SMILES string of the molecule is CC(C)C(=O)NCCCn1c(Sc2cc3c(cc2I)CCO3)nc2c(N)ncnc21. The van der Waals surface area contributed by atoms with Gasteiger partial charge in [-0.2, -0.15) is 0 Å². The molecule has 1 aliphatic rings. The first-order valence-corrected chi connectivity index (χ1v) is 11.7. The summed E-state index contributed by atoms with van der Waals surface area (Å²) < 4.78 is 8.94. The molecule has 0 fully saturated rings. The lowest BCUT2D eigenvalue weighted by Crippen LogP contribution is -2.29. The Bertz CT molecular complexity index is 1100. The lowest BCUT2D eigenvalue weighted by molar-refractivity contribution is -0.123. The summed E-state index contributed by atoms with van der Waals surface area (Å²) in [6, 6.07) is 4.25. The van der Waals surface area contributed by atoms with Gasteiger partial charge in [0.15, 0.2) is 22.1 Å². The van der Waals surface area contributed by atoms with E-state index in [1.165, 1.54) is 11.9 Å². The number of aromatic nitrogens is 4. The molecule has 0 unspecified atom stereocenters. The zero-order chi connectivity index (χ0) is 21.3. The highest BCUT2D eigenvalue weighted by Crippen LogP contribution is 2.38. The highest BCUT2D eigenvalue weighted by Gasteiger charge is 2.20. The first-order chi connectivity index (χ1) is 14.4. The Morgan fingerprint density at radius 3 is 3.03 bits per heavy atom. The van der Waals surface area contributed by atoms with Gasteiger partial charge < -0.3 is 20.4 Å². The number of nitrogens with one attached hydrogen (secondary N) is 1. The highest BCUT2D eigenvalue weighted by molar-refractivity contribution is 14.1. The van der Waals surface area contributed by atoms with Crippen LogP contribution in [-0.2, 0) is 17.8 Å². The quantitative estimate of drug-likeness (QED) is 0.351. The molecule has 8 nitrogen and oxygen atoms in total. The Morgan fingerprint density at radius 2 is 2.23 bits per heavy atom. The maximum atomic E-state index is 11.8. The summed E-state index contributed by atoms with van der Waals surface area (Å²) >= 11 is 3.92. The van der Waals surface area contributed by atoms with E-state index in [2.05, 4.69) is 50.0 Å². The van der Waals surface area contributed by atoms with Crippen molar-refractivity contribution in [3.05, 3.63) is 27.6 Å². The van der Waals surface area contributed by atoms with E-state index in [1.807, 2.05) is 18.4 Å². The van der Waals surface area contributed by atoms with Crippen molar-refractivity contribution in [2.24, 2.45) is 5.92 Å². The molecule has 0 spiro atoms.